The zero-order valence-electron chi connectivity index (χ0n) is 24.8. The van der Waals surface area contributed by atoms with Gasteiger partial charge in [0.2, 0.25) is 5.75 Å². The molecular weight excluding hydrogens is 552 g/mol. The Balaban J connectivity index is 1.41. The Kier molecular flexibility index (Phi) is 10.3. The third kappa shape index (κ3) is 7.86. The number of ether oxygens (including phenoxy) is 5. The molecule has 0 fully saturated rings. The number of allylic oxidation sites excluding steroid dienone is 1. The van der Waals surface area contributed by atoms with E-state index in [0.717, 1.165) is 22.3 Å². The molecule has 0 saturated heterocycles. The van der Waals surface area contributed by atoms with Crippen LogP contribution in [-0.2, 0) is 19.8 Å². The first kappa shape index (κ1) is 30.0. The summed E-state index contributed by atoms with van der Waals surface area (Å²) in [6.45, 7) is 0.992. The maximum absolute atomic E-state index is 13.6. The van der Waals surface area contributed by atoms with E-state index in [4.69, 9.17) is 23.7 Å². The fraction of sp³-hybridized carbons (Fsp3) is 0.132. The lowest BCUT2D eigenvalue weighted by Gasteiger charge is -2.18. The van der Waals surface area contributed by atoms with E-state index in [1.807, 2.05) is 109 Å². The van der Waals surface area contributed by atoms with E-state index in [0.29, 0.717) is 47.5 Å². The van der Waals surface area contributed by atoms with Crippen molar-refractivity contribution < 1.29 is 28.5 Å². The minimum Gasteiger partial charge on any atom is -0.497 e. The second kappa shape index (κ2) is 15.1. The zero-order chi connectivity index (χ0) is 30.6. The fourth-order valence-corrected chi connectivity index (χ4v) is 4.55. The van der Waals surface area contributed by atoms with Gasteiger partial charge in [-0.25, -0.2) is 0 Å². The first-order chi connectivity index (χ1) is 21.6. The van der Waals surface area contributed by atoms with Crippen molar-refractivity contribution in [3.05, 3.63) is 155 Å². The maximum Gasteiger partial charge on any atom is 0.204 e. The van der Waals surface area contributed by atoms with Gasteiger partial charge in [-0.2, -0.15) is 0 Å². The molecule has 0 unspecified atom stereocenters. The molecule has 5 rings (SSSR count). The molecule has 0 N–H and O–H groups in total. The number of benzene rings is 5. The van der Waals surface area contributed by atoms with Crippen LogP contribution in [0.25, 0.3) is 6.08 Å². The van der Waals surface area contributed by atoms with E-state index in [9.17, 15) is 4.79 Å². The van der Waals surface area contributed by atoms with Gasteiger partial charge in [0, 0.05) is 11.6 Å². The molecule has 0 spiro atoms. The van der Waals surface area contributed by atoms with E-state index in [1.165, 1.54) is 13.2 Å². The Bertz CT molecular complexity index is 1680. The van der Waals surface area contributed by atoms with Crippen molar-refractivity contribution in [3.8, 4) is 28.7 Å². The first-order valence-corrected chi connectivity index (χ1v) is 14.3. The number of rotatable bonds is 14. The van der Waals surface area contributed by atoms with Gasteiger partial charge in [0.25, 0.3) is 0 Å². The third-order valence-corrected chi connectivity index (χ3v) is 6.88. The van der Waals surface area contributed by atoms with Gasteiger partial charge in [-0.1, -0.05) is 91.0 Å². The second-order valence-corrected chi connectivity index (χ2v) is 9.90. The molecule has 5 aromatic rings. The molecule has 0 saturated carbocycles. The number of carbonyl (C=O) groups is 1. The molecule has 6 heteroatoms. The van der Waals surface area contributed by atoms with Crippen LogP contribution in [0, 0.1) is 0 Å². The van der Waals surface area contributed by atoms with E-state index in [2.05, 4.69) is 0 Å². The molecule has 0 amide bonds. The molecule has 5 aromatic carbocycles. The average molecular weight is 587 g/mol. The molecule has 44 heavy (non-hydrogen) atoms. The van der Waals surface area contributed by atoms with Gasteiger partial charge in [0.05, 0.1) is 19.8 Å². The van der Waals surface area contributed by atoms with Crippen LogP contribution < -0.4 is 23.7 Å². The lowest BCUT2D eigenvalue weighted by atomic mass is 10.1. The standard InChI is InChI=1S/C38H34O6/c1-40-32-20-18-31(36(24-32)43-26-29-14-8-4-9-15-29)19-22-34(39)33-21-23-35(42-25-28-12-6-3-7-13-28)38(37(33)41-2)44-27-30-16-10-5-11-17-30/h3-24H,25-27H2,1-2H3. The molecule has 0 radical (unpaired) electrons. The SMILES string of the molecule is COc1ccc(C=CC(=O)c2ccc(OCc3ccccc3)c(OCc3ccccc3)c2OC)c(OCc2ccccc2)c1. The molecule has 6 nitrogen and oxygen atoms in total. The second-order valence-electron chi connectivity index (χ2n) is 9.90. The molecule has 0 aliphatic rings. The Morgan fingerprint density at radius 1 is 0.568 bits per heavy atom. The van der Waals surface area contributed by atoms with Crippen LogP contribution in [0.15, 0.2) is 127 Å². The Morgan fingerprint density at radius 2 is 1.11 bits per heavy atom. The summed E-state index contributed by atoms with van der Waals surface area (Å²) in [7, 11) is 3.12. The number of ketones is 1. The highest BCUT2D eigenvalue weighted by atomic mass is 16.5. The largest absolute Gasteiger partial charge is 0.497 e. The van der Waals surface area contributed by atoms with Gasteiger partial charge in [-0.3, -0.25) is 4.79 Å². The molecule has 0 atom stereocenters. The van der Waals surface area contributed by atoms with Gasteiger partial charge in [0.15, 0.2) is 17.3 Å². The lowest BCUT2D eigenvalue weighted by Crippen LogP contribution is -2.06. The van der Waals surface area contributed by atoms with Crippen LogP contribution in [0.1, 0.15) is 32.6 Å². The summed E-state index contributed by atoms with van der Waals surface area (Å²) in [4.78, 5) is 13.6. The van der Waals surface area contributed by atoms with Crippen molar-refractivity contribution in [2.45, 2.75) is 19.8 Å². The van der Waals surface area contributed by atoms with Crippen LogP contribution in [0.4, 0.5) is 0 Å². The van der Waals surface area contributed by atoms with Gasteiger partial charge in [0.1, 0.15) is 31.3 Å². The summed E-state index contributed by atoms with van der Waals surface area (Å²) in [6.07, 6.45) is 3.23. The molecule has 0 aliphatic carbocycles. The predicted molar refractivity (Wildman–Crippen MR) is 172 cm³/mol. The minimum absolute atomic E-state index is 0.258. The number of methoxy groups -OCH3 is 2. The topological polar surface area (TPSA) is 63.2 Å². The van der Waals surface area contributed by atoms with E-state index in [-0.39, 0.29) is 12.4 Å². The third-order valence-electron chi connectivity index (χ3n) is 6.88. The number of hydrogen-bond acceptors (Lipinski definition) is 6. The van der Waals surface area contributed by atoms with E-state index in [1.54, 1.807) is 25.3 Å². The molecule has 222 valence electrons. The van der Waals surface area contributed by atoms with Gasteiger partial charge < -0.3 is 23.7 Å². The predicted octanol–water partition coefficient (Wildman–Crippen LogP) is 8.34. The molecule has 0 bridgehead atoms. The van der Waals surface area contributed by atoms with Crippen molar-refractivity contribution in [1.29, 1.82) is 0 Å². The minimum atomic E-state index is -0.258. The Hall–Kier alpha value is -5.49. The average Bonchev–Trinajstić information content (AvgIpc) is 3.09. The first-order valence-electron chi connectivity index (χ1n) is 14.3. The van der Waals surface area contributed by atoms with Crippen LogP contribution in [0.5, 0.6) is 28.7 Å². The lowest BCUT2D eigenvalue weighted by molar-refractivity contribution is 0.104. The summed E-state index contributed by atoms with van der Waals surface area (Å²) in [5.41, 5.74) is 4.09. The quantitative estimate of drug-likeness (QED) is 0.0963. The van der Waals surface area contributed by atoms with Crippen LogP contribution in [-0.4, -0.2) is 20.0 Å². The summed E-state index contributed by atoms with van der Waals surface area (Å²) in [5.74, 6) is 2.14. The number of carbonyl (C=O) groups excluding carboxylic acids is 1. The highest BCUT2D eigenvalue weighted by Gasteiger charge is 2.21. The van der Waals surface area contributed by atoms with Crippen LogP contribution >= 0.6 is 0 Å². The van der Waals surface area contributed by atoms with Gasteiger partial charge in [-0.15, -0.1) is 0 Å². The van der Waals surface area contributed by atoms with Crippen molar-refractivity contribution in [3.63, 3.8) is 0 Å². The maximum atomic E-state index is 13.6. The van der Waals surface area contributed by atoms with Crippen LogP contribution in [0.3, 0.4) is 0 Å². The molecule has 0 heterocycles. The van der Waals surface area contributed by atoms with Crippen molar-refractivity contribution in [2.75, 3.05) is 14.2 Å². The summed E-state index contributed by atoms with van der Waals surface area (Å²) in [6, 6.07) is 38.5. The summed E-state index contributed by atoms with van der Waals surface area (Å²) >= 11 is 0. The monoisotopic (exact) mass is 586 g/mol. The van der Waals surface area contributed by atoms with Crippen molar-refractivity contribution in [2.24, 2.45) is 0 Å². The van der Waals surface area contributed by atoms with E-state index < -0.39 is 0 Å². The zero-order valence-corrected chi connectivity index (χ0v) is 24.8. The highest BCUT2D eigenvalue weighted by Crippen LogP contribution is 2.41. The smallest absolute Gasteiger partial charge is 0.204 e. The number of hydrogen-bond donors (Lipinski definition) is 0. The highest BCUT2D eigenvalue weighted by molar-refractivity contribution is 6.09. The van der Waals surface area contributed by atoms with E-state index >= 15 is 0 Å². The fourth-order valence-electron chi connectivity index (χ4n) is 4.55. The Morgan fingerprint density at radius 3 is 1.66 bits per heavy atom. The normalized spacial score (nSPS) is 10.8. The Labute approximate surface area is 258 Å². The van der Waals surface area contributed by atoms with Crippen LogP contribution in [0.2, 0.25) is 0 Å². The molecular formula is C38H34O6. The van der Waals surface area contributed by atoms with Crippen molar-refractivity contribution in [1.82, 2.24) is 0 Å². The molecule has 0 aliphatic heterocycles. The molecule has 0 aromatic heterocycles. The van der Waals surface area contributed by atoms with Gasteiger partial charge in [-0.05, 0) is 53.1 Å². The summed E-state index contributed by atoms with van der Waals surface area (Å²) < 4.78 is 29.7. The summed E-state index contributed by atoms with van der Waals surface area (Å²) in [5, 5.41) is 0. The van der Waals surface area contributed by atoms with Crippen molar-refractivity contribution >= 4 is 11.9 Å². The van der Waals surface area contributed by atoms with Gasteiger partial charge >= 0.3 is 0 Å².